The van der Waals surface area contributed by atoms with Crippen molar-refractivity contribution < 1.29 is 0 Å². The lowest BCUT2D eigenvalue weighted by Crippen LogP contribution is -2.21. The van der Waals surface area contributed by atoms with E-state index < -0.39 is 0 Å². The second-order valence-electron chi connectivity index (χ2n) is 3.13. The van der Waals surface area contributed by atoms with Crippen LogP contribution in [0.4, 0.5) is 0 Å². The topological polar surface area (TPSA) is 52.7 Å². The van der Waals surface area contributed by atoms with Crippen LogP contribution in [-0.4, -0.2) is 19.8 Å². The third-order valence-electron chi connectivity index (χ3n) is 2.00. The molecule has 0 radical (unpaired) electrons. The van der Waals surface area contributed by atoms with Crippen LogP contribution in [0.1, 0.15) is 5.56 Å². The Bertz CT molecular complexity index is 494. The first kappa shape index (κ1) is 8.68. The smallest absolute Gasteiger partial charge is 0.244 e. The summed E-state index contributed by atoms with van der Waals surface area (Å²) in [4.78, 5) is 11.5. The summed E-state index contributed by atoms with van der Waals surface area (Å²) in [5, 5.41) is 7.36. The minimum Gasteiger partial charge on any atom is -0.244 e. The number of aromatic nitrogens is 4. The number of rotatable bonds is 1. The van der Waals surface area contributed by atoms with Gasteiger partial charge in [0.05, 0.1) is 5.69 Å². The number of hydrogen-bond donors (Lipinski definition) is 0. The summed E-state index contributed by atoms with van der Waals surface area (Å²) >= 11 is 0. The summed E-state index contributed by atoms with van der Waals surface area (Å²) in [7, 11) is 1.57. The highest BCUT2D eigenvalue weighted by molar-refractivity contribution is 5.32. The molecule has 14 heavy (non-hydrogen) atoms. The van der Waals surface area contributed by atoms with Crippen LogP contribution in [0.3, 0.4) is 0 Å². The van der Waals surface area contributed by atoms with Gasteiger partial charge in [-0.1, -0.05) is 17.7 Å². The predicted molar refractivity (Wildman–Crippen MR) is 51.3 cm³/mol. The SMILES string of the molecule is Cc1ccc(-n2nnn(C)c2=O)cc1. The second-order valence-corrected chi connectivity index (χ2v) is 3.13. The van der Waals surface area contributed by atoms with Gasteiger partial charge in [0.2, 0.25) is 0 Å². The maximum Gasteiger partial charge on any atom is 0.368 e. The largest absolute Gasteiger partial charge is 0.368 e. The van der Waals surface area contributed by atoms with Crippen LogP contribution in [0.25, 0.3) is 5.69 Å². The molecule has 0 unspecified atom stereocenters. The van der Waals surface area contributed by atoms with Crippen LogP contribution in [0, 0.1) is 6.92 Å². The van der Waals surface area contributed by atoms with E-state index in [-0.39, 0.29) is 5.69 Å². The summed E-state index contributed by atoms with van der Waals surface area (Å²) in [6.45, 7) is 1.99. The minimum atomic E-state index is -0.242. The highest BCUT2D eigenvalue weighted by atomic mass is 16.2. The molecule has 1 heterocycles. The van der Waals surface area contributed by atoms with E-state index in [4.69, 9.17) is 0 Å². The highest BCUT2D eigenvalue weighted by Gasteiger charge is 2.04. The summed E-state index contributed by atoms with van der Waals surface area (Å²) in [6.07, 6.45) is 0. The van der Waals surface area contributed by atoms with Crippen LogP contribution < -0.4 is 5.69 Å². The van der Waals surface area contributed by atoms with Crippen molar-refractivity contribution in [3.63, 3.8) is 0 Å². The zero-order valence-corrected chi connectivity index (χ0v) is 8.01. The van der Waals surface area contributed by atoms with Crippen molar-refractivity contribution in [3.8, 4) is 5.69 Å². The molecule has 0 saturated carbocycles. The van der Waals surface area contributed by atoms with Gasteiger partial charge in [0.25, 0.3) is 0 Å². The molecule has 0 spiro atoms. The first-order valence-electron chi connectivity index (χ1n) is 4.24. The van der Waals surface area contributed by atoms with Crippen LogP contribution in [0.15, 0.2) is 29.1 Å². The van der Waals surface area contributed by atoms with E-state index in [9.17, 15) is 4.79 Å². The highest BCUT2D eigenvalue weighted by Crippen LogP contribution is 2.04. The molecule has 0 atom stereocenters. The molecule has 1 aromatic heterocycles. The van der Waals surface area contributed by atoms with E-state index in [0.717, 1.165) is 11.3 Å². The normalized spacial score (nSPS) is 10.4. The van der Waals surface area contributed by atoms with Gasteiger partial charge in [-0.2, -0.15) is 9.36 Å². The number of nitrogens with zero attached hydrogens (tertiary/aromatic N) is 4. The molecule has 5 heteroatoms. The maximum absolute atomic E-state index is 11.5. The fraction of sp³-hybridized carbons (Fsp3) is 0.222. The Hall–Kier alpha value is -1.91. The second kappa shape index (κ2) is 3.10. The van der Waals surface area contributed by atoms with E-state index in [0.29, 0.717) is 0 Å². The van der Waals surface area contributed by atoms with Gasteiger partial charge in [-0.25, -0.2) is 4.79 Å². The molecule has 0 aliphatic carbocycles. The molecular formula is C9H10N4O. The fourth-order valence-electron chi connectivity index (χ4n) is 1.16. The van der Waals surface area contributed by atoms with E-state index >= 15 is 0 Å². The molecule has 1 aromatic carbocycles. The molecule has 0 amide bonds. The van der Waals surface area contributed by atoms with Crippen LogP contribution in [-0.2, 0) is 7.05 Å². The Morgan fingerprint density at radius 3 is 2.29 bits per heavy atom. The van der Waals surface area contributed by atoms with E-state index in [1.54, 1.807) is 7.05 Å². The molecule has 0 aliphatic heterocycles. The number of benzene rings is 1. The lowest BCUT2D eigenvalue weighted by atomic mass is 10.2. The molecule has 2 aromatic rings. The first-order chi connectivity index (χ1) is 6.68. The maximum atomic E-state index is 11.5. The van der Waals surface area contributed by atoms with Gasteiger partial charge >= 0.3 is 5.69 Å². The molecule has 0 fully saturated rings. The van der Waals surface area contributed by atoms with Crippen molar-refractivity contribution in [1.82, 2.24) is 19.8 Å². The monoisotopic (exact) mass is 190 g/mol. The molecular weight excluding hydrogens is 180 g/mol. The summed E-state index contributed by atoms with van der Waals surface area (Å²) in [5.41, 5.74) is 1.63. The van der Waals surface area contributed by atoms with Crippen molar-refractivity contribution >= 4 is 0 Å². The molecule has 0 bridgehead atoms. The Morgan fingerprint density at radius 2 is 1.79 bits per heavy atom. The van der Waals surface area contributed by atoms with E-state index in [1.165, 1.54) is 9.36 Å². The average molecular weight is 190 g/mol. The zero-order valence-electron chi connectivity index (χ0n) is 8.01. The standard InChI is InChI=1S/C9H10N4O/c1-7-3-5-8(6-4-7)13-9(14)12(2)10-11-13/h3-6H,1-2H3. The van der Waals surface area contributed by atoms with Crippen LogP contribution >= 0.6 is 0 Å². The quantitative estimate of drug-likeness (QED) is 0.648. The van der Waals surface area contributed by atoms with E-state index in [1.807, 2.05) is 31.2 Å². The number of hydrogen-bond acceptors (Lipinski definition) is 3. The van der Waals surface area contributed by atoms with Gasteiger partial charge in [-0.15, -0.1) is 0 Å². The lowest BCUT2D eigenvalue weighted by Gasteiger charge is -1.97. The summed E-state index contributed by atoms with van der Waals surface area (Å²) < 4.78 is 2.46. The Kier molecular flexibility index (Phi) is 1.92. The van der Waals surface area contributed by atoms with Crippen molar-refractivity contribution in [2.45, 2.75) is 6.92 Å². The minimum absolute atomic E-state index is 0.242. The van der Waals surface area contributed by atoms with Gasteiger partial charge in [0.15, 0.2) is 0 Å². The molecule has 0 aliphatic rings. The average Bonchev–Trinajstić information content (AvgIpc) is 2.50. The Morgan fingerprint density at radius 1 is 1.14 bits per heavy atom. The van der Waals surface area contributed by atoms with Crippen molar-refractivity contribution in [3.05, 3.63) is 40.3 Å². The summed E-state index contributed by atoms with van der Waals surface area (Å²) in [6, 6.07) is 7.53. The predicted octanol–water partition coefficient (Wildman–Crippen LogP) is 0.274. The Balaban J connectivity index is 2.55. The fourth-order valence-corrected chi connectivity index (χ4v) is 1.16. The van der Waals surface area contributed by atoms with Crippen LogP contribution in [0.5, 0.6) is 0 Å². The van der Waals surface area contributed by atoms with Crippen molar-refractivity contribution in [1.29, 1.82) is 0 Å². The van der Waals surface area contributed by atoms with E-state index in [2.05, 4.69) is 10.4 Å². The van der Waals surface area contributed by atoms with Gasteiger partial charge in [-0.05, 0) is 29.5 Å². The van der Waals surface area contributed by atoms with Gasteiger partial charge in [0, 0.05) is 7.05 Å². The van der Waals surface area contributed by atoms with Gasteiger partial charge in [0.1, 0.15) is 0 Å². The molecule has 0 saturated heterocycles. The molecule has 2 rings (SSSR count). The molecule has 5 nitrogen and oxygen atoms in total. The van der Waals surface area contributed by atoms with Crippen LogP contribution in [0.2, 0.25) is 0 Å². The van der Waals surface area contributed by atoms with Crippen molar-refractivity contribution in [2.24, 2.45) is 7.05 Å². The molecule has 72 valence electrons. The first-order valence-corrected chi connectivity index (χ1v) is 4.24. The number of aryl methyl sites for hydroxylation is 2. The van der Waals surface area contributed by atoms with Gasteiger partial charge < -0.3 is 0 Å². The Labute approximate surface area is 80.6 Å². The third-order valence-corrected chi connectivity index (χ3v) is 2.00. The van der Waals surface area contributed by atoms with Crippen molar-refractivity contribution in [2.75, 3.05) is 0 Å². The molecule has 0 N–H and O–H groups in total. The zero-order chi connectivity index (χ0) is 10.1. The third kappa shape index (κ3) is 1.32. The lowest BCUT2D eigenvalue weighted by molar-refractivity contribution is 0.693. The summed E-state index contributed by atoms with van der Waals surface area (Å²) in [5.74, 6) is 0. The number of tetrazole rings is 1. The van der Waals surface area contributed by atoms with Gasteiger partial charge in [-0.3, -0.25) is 0 Å².